The zero-order valence-electron chi connectivity index (χ0n) is 15.1. The van der Waals surface area contributed by atoms with Gasteiger partial charge < -0.3 is 15.2 Å². The van der Waals surface area contributed by atoms with Gasteiger partial charge >= 0.3 is 12.1 Å². The number of nitrogens with one attached hydrogen (secondary N) is 1. The number of ether oxygens (including phenoxy) is 1. The number of aliphatic carboxylic acids is 1. The van der Waals surface area contributed by atoms with Crippen molar-refractivity contribution in [3.05, 3.63) is 59.7 Å². The van der Waals surface area contributed by atoms with E-state index >= 15 is 0 Å². The van der Waals surface area contributed by atoms with Gasteiger partial charge in [0.05, 0.1) is 0 Å². The predicted octanol–water partition coefficient (Wildman–Crippen LogP) is 4.17. The third-order valence-electron chi connectivity index (χ3n) is 5.73. The molecule has 1 fully saturated rings. The smallest absolute Gasteiger partial charge is 0.407 e. The molecule has 2 aromatic carbocycles. The van der Waals surface area contributed by atoms with Crippen LogP contribution < -0.4 is 5.32 Å². The van der Waals surface area contributed by atoms with Crippen LogP contribution in [-0.4, -0.2) is 29.8 Å². The second kappa shape index (κ2) is 7.43. The fraction of sp³-hybridized carbons (Fsp3) is 0.364. The number of carboxylic acid groups (broad SMARTS) is 1. The molecule has 5 nitrogen and oxygen atoms in total. The lowest BCUT2D eigenvalue weighted by Crippen LogP contribution is -2.43. The van der Waals surface area contributed by atoms with E-state index in [0.29, 0.717) is 12.3 Å². The molecular weight excluding hydrogens is 342 g/mol. The van der Waals surface area contributed by atoms with Crippen molar-refractivity contribution in [2.45, 2.75) is 37.6 Å². The molecule has 1 amide bonds. The first kappa shape index (κ1) is 17.6. The maximum atomic E-state index is 12.2. The maximum Gasteiger partial charge on any atom is 0.407 e. The topological polar surface area (TPSA) is 75.6 Å². The Labute approximate surface area is 158 Å². The van der Waals surface area contributed by atoms with Crippen molar-refractivity contribution in [2.75, 3.05) is 6.61 Å². The van der Waals surface area contributed by atoms with Crippen molar-refractivity contribution in [3.63, 3.8) is 0 Å². The molecule has 1 saturated carbocycles. The quantitative estimate of drug-likeness (QED) is 0.806. The fourth-order valence-corrected chi connectivity index (χ4v) is 4.07. The lowest BCUT2D eigenvalue weighted by atomic mass is 9.81. The van der Waals surface area contributed by atoms with Crippen LogP contribution in [0.4, 0.5) is 4.79 Å². The Hall–Kier alpha value is -2.82. The molecule has 2 aliphatic carbocycles. The van der Waals surface area contributed by atoms with E-state index in [2.05, 4.69) is 29.6 Å². The standard InChI is InChI=1S/C22H23NO4/c24-21(25)20(12-14-6-5-7-14)23-22(26)27-13-19-17-10-3-1-8-15(17)16-9-2-4-11-18(16)19/h1-4,8-11,14,19-20H,5-7,12-13H2,(H,23,26)(H,24,25). The van der Waals surface area contributed by atoms with E-state index in [1.165, 1.54) is 0 Å². The number of fused-ring (bicyclic) bond motifs is 3. The number of alkyl carbamates (subject to hydrolysis) is 1. The number of rotatable bonds is 6. The van der Waals surface area contributed by atoms with Gasteiger partial charge in [-0.3, -0.25) is 0 Å². The number of carboxylic acids is 1. The van der Waals surface area contributed by atoms with Gasteiger partial charge in [-0.1, -0.05) is 67.8 Å². The fourth-order valence-electron chi connectivity index (χ4n) is 4.07. The monoisotopic (exact) mass is 365 g/mol. The molecule has 2 aromatic rings. The number of hydrogen-bond donors (Lipinski definition) is 2. The summed E-state index contributed by atoms with van der Waals surface area (Å²) in [7, 11) is 0. The molecule has 5 heteroatoms. The van der Waals surface area contributed by atoms with Gasteiger partial charge in [0, 0.05) is 5.92 Å². The van der Waals surface area contributed by atoms with Crippen LogP contribution in [0.3, 0.4) is 0 Å². The van der Waals surface area contributed by atoms with Crippen LogP contribution in [0.2, 0.25) is 0 Å². The van der Waals surface area contributed by atoms with Crippen LogP contribution in [0, 0.1) is 5.92 Å². The Morgan fingerprint density at radius 2 is 1.63 bits per heavy atom. The highest BCUT2D eigenvalue weighted by atomic mass is 16.5. The van der Waals surface area contributed by atoms with Crippen molar-refractivity contribution >= 4 is 12.1 Å². The van der Waals surface area contributed by atoms with Gasteiger partial charge in [-0.15, -0.1) is 0 Å². The average Bonchev–Trinajstić information content (AvgIpc) is 2.95. The van der Waals surface area contributed by atoms with Crippen LogP contribution >= 0.6 is 0 Å². The third-order valence-corrected chi connectivity index (χ3v) is 5.73. The highest BCUT2D eigenvalue weighted by molar-refractivity contribution is 5.81. The van der Waals surface area contributed by atoms with Crippen molar-refractivity contribution in [1.82, 2.24) is 5.32 Å². The first-order valence-corrected chi connectivity index (χ1v) is 9.48. The van der Waals surface area contributed by atoms with E-state index in [-0.39, 0.29) is 12.5 Å². The minimum atomic E-state index is -1.00. The summed E-state index contributed by atoms with van der Waals surface area (Å²) in [6, 6.07) is 15.3. The van der Waals surface area contributed by atoms with Gasteiger partial charge in [0.15, 0.2) is 0 Å². The normalized spacial score (nSPS) is 16.7. The molecule has 0 spiro atoms. The molecule has 0 aromatic heterocycles. The van der Waals surface area contributed by atoms with Crippen molar-refractivity contribution in [2.24, 2.45) is 5.92 Å². The summed E-state index contributed by atoms with van der Waals surface area (Å²) < 4.78 is 5.44. The van der Waals surface area contributed by atoms with E-state index in [9.17, 15) is 14.7 Å². The Balaban J connectivity index is 1.42. The van der Waals surface area contributed by atoms with Gasteiger partial charge in [-0.2, -0.15) is 0 Å². The first-order chi connectivity index (χ1) is 13.1. The molecule has 0 heterocycles. The Bertz CT molecular complexity index is 813. The van der Waals surface area contributed by atoms with Crippen molar-refractivity contribution in [1.29, 1.82) is 0 Å². The van der Waals surface area contributed by atoms with Crippen LogP contribution in [0.25, 0.3) is 11.1 Å². The number of carbonyl (C=O) groups is 2. The molecule has 0 aliphatic heterocycles. The van der Waals surface area contributed by atoms with E-state index < -0.39 is 18.1 Å². The molecule has 4 rings (SSSR count). The maximum absolute atomic E-state index is 12.2. The largest absolute Gasteiger partial charge is 0.480 e. The molecule has 0 bridgehead atoms. The van der Waals surface area contributed by atoms with Gasteiger partial charge in [-0.25, -0.2) is 9.59 Å². The molecule has 2 N–H and O–H groups in total. The highest BCUT2D eigenvalue weighted by Crippen LogP contribution is 2.44. The van der Waals surface area contributed by atoms with Crippen LogP contribution in [0.15, 0.2) is 48.5 Å². The average molecular weight is 365 g/mol. The Kier molecular flexibility index (Phi) is 4.84. The van der Waals surface area contributed by atoms with Crippen LogP contribution in [0.1, 0.15) is 42.7 Å². The van der Waals surface area contributed by atoms with Crippen molar-refractivity contribution < 1.29 is 19.4 Å². The van der Waals surface area contributed by atoms with Crippen molar-refractivity contribution in [3.8, 4) is 11.1 Å². The summed E-state index contributed by atoms with van der Waals surface area (Å²) in [5.74, 6) is -0.645. The van der Waals surface area contributed by atoms with Crippen LogP contribution in [0.5, 0.6) is 0 Å². The minimum absolute atomic E-state index is 0.0296. The van der Waals surface area contributed by atoms with E-state index in [0.717, 1.165) is 41.5 Å². The second-order valence-corrected chi connectivity index (χ2v) is 7.39. The number of hydrogen-bond acceptors (Lipinski definition) is 3. The summed E-state index contributed by atoms with van der Waals surface area (Å²) in [6.45, 7) is 0.190. The predicted molar refractivity (Wildman–Crippen MR) is 102 cm³/mol. The summed E-state index contributed by atoms with van der Waals surface area (Å²) in [6.07, 6.45) is 3.02. The SMILES string of the molecule is O=C(NC(CC1CCC1)C(=O)O)OCC1c2ccccc2-c2ccccc21. The zero-order chi connectivity index (χ0) is 18.8. The van der Waals surface area contributed by atoms with Crippen LogP contribution in [-0.2, 0) is 9.53 Å². The Morgan fingerprint density at radius 1 is 1.04 bits per heavy atom. The summed E-state index contributed by atoms with van der Waals surface area (Å²) >= 11 is 0. The lowest BCUT2D eigenvalue weighted by molar-refractivity contribution is -0.140. The number of carbonyl (C=O) groups excluding carboxylic acids is 1. The van der Waals surface area contributed by atoms with E-state index in [1.807, 2.05) is 24.3 Å². The first-order valence-electron chi connectivity index (χ1n) is 9.48. The lowest BCUT2D eigenvalue weighted by Gasteiger charge is -2.28. The van der Waals surface area contributed by atoms with E-state index in [4.69, 9.17) is 4.74 Å². The van der Waals surface area contributed by atoms with Gasteiger partial charge in [0.1, 0.15) is 12.6 Å². The number of amides is 1. The minimum Gasteiger partial charge on any atom is -0.480 e. The summed E-state index contributed by atoms with van der Waals surface area (Å²) in [4.78, 5) is 23.7. The molecule has 1 unspecified atom stereocenters. The molecule has 2 aliphatic rings. The molecule has 140 valence electrons. The molecule has 0 saturated heterocycles. The summed E-state index contributed by atoms with van der Waals surface area (Å²) in [5, 5.41) is 11.9. The van der Waals surface area contributed by atoms with Gasteiger partial charge in [0.2, 0.25) is 0 Å². The van der Waals surface area contributed by atoms with E-state index in [1.54, 1.807) is 0 Å². The van der Waals surface area contributed by atoms with Gasteiger partial charge in [-0.05, 0) is 34.6 Å². The highest BCUT2D eigenvalue weighted by Gasteiger charge is 2.31. The second-order valence-electron chi connectivity index (χ2n) is 7.39. The number of benzene rings is 2. The molecule has 1 atom stereocenters. The molecule has 27 heavy (non-hydrogen) atoms. The summed E-state index contributed by atoms with van der Waals surface area (Å²) in [5.41, 5.74) is 4.59. The third kappa shape index (κ3) is 3.54. The molecular formula is C22H23NO4. The van der Waals surface area contributed by atoms with Gasteiger partial charge in [0.25, 0.3) is 0 Å². The molecule has 0 radical (unpaired) electrons. The zero-order valence-corrected chi connectivity index (χ0v) is 15.1. The Morgan fingerprint density at radius 3 is 2.15 bits per heavy atom.